The van der Waals surface area contributed by atoms with E-state index in [1.807, 2.05) is 12.1 Å². The van der Waals surface area contributed by atoms with Crippen molar-refractivity contribution >= 4 is 11.8 Å². The lowest BCUT2D eigenvalue weighted by Crippen LogP contribution is -2.57. The van der Waals surface area contributed by atoms with E-state index >= 15 is 0 Å². The first kappa shape index (κ1) is 16.2. The molecule has 6 nitrogen and oxygen atoms in total. The van der Waals surface area contributed by atoms with E-state index in [4.69, 9.17) is 9.47 Å². The summed E-state index contributed by atoms with van der Waals surface area (Å²) in [7, 11) is 0. The zero-order valence-electron chi connectivity index (χ0n) is 13.0. The third-order valence-corrected chi connectivity index (χ3v) is 3.57. The van der Waals surface area contributed by atoms with Gasteiger partial charge in [-0.15, -0.1) is 0 Å². The van der Waals surface area contributed by atoms with Crippen molar-refractivity contribution in [2.75, 3.05) is 13.2 Å². The summed E-state index contributed by atoms with van der Waals surface area (Å²) in [6.45, 7) is 0.689. The SMILES string of the molecule is O=C(N[C@H]1OCCO[C@@H]1NC(=O)c1ccccc1)c1ccccc1. The fraction of sp³-hybridized carbons (Fsp3) is 0.222. The maximum Gasteiger partial charge on any atom is 0.253 e. The third kappa shape index (κ3) is 3.98. The van der Waals surface area contributed by atoms with Crippen molar-refractivity contribution in [3.8, 4) is 0 Å². The summed E-state index contributed by atoms with van der Waals surface area (Å²) in [5.74, 6) is -0.574. The molecule has 3 rings (SSSR count). The van der Waals surface area contributed by atoms with E-state index in [9.17, 15) is 9.59 Å². The monoisotopic (exact) mass is 326 g/mol. The molecule has 0 saturated carbocycles. The van der Waals surface area contributed by atoms with Gasteiger partial charge in [-0.1, -0.05) is 36.4 Å². The number of carbonyl (C=O) groups excluding carboxylic acids is 2. The van der Waals surface area contributed by atoms with E-state index in [1.54, 1.807) is 48.5 Å². The van der Waals surface area contributed by atoms with Gasteiger partial charge in [0.2, 0.25) is 0 Å². The molecule has 2 aromatic rings. The van der Waals surface area contributed by atoms with Crippen LogP contribution < -0.4 is 10.6 Å². The molecule has 24 heavy (non-hydrogen) atoms. The van der Waals surface area contributed by atoms with E-state index in [0.717, 1.165) is 0 Å². The molecule has 1 aliphatic rings. The molecule has 0 bridgehead atoms. The summed E-state index contributed by atoms with van der Waals surface area (Å²) < 4.78 is 11.1. The predicted molar refractivity (Wildman–Crippen MR) is 87.3 cm³/mol. The van der Waals surface area contributed by atoms with Crippen LogP contribution in [0.1, 0.15) is 20.7 Å². The van der Waals surface area contributed by atoms with Gasteiger partial charge in [-0.25, -0.2) is 0 Å². The molecule has 0 aromatic heterocycles. The molecule has 2 N–H and O–H groups in total. The molecule has 2 atom stereocenters. The Bertz CT molecular complexity index is 629. The molecule has 2 amide bonds. The number of benzene rings is 2. The van der Waals surface area contributed by atoms with Crippen LogP contribution in [-0.4, -0.2) is 37.5 Å². The minimum atomic E-state index is -0.751. The minimum absolute atomic E-state index is 0.287. The van der Waals surface area contributed by atoms with Crippen molar-refractivity contribution in [1.82, 2.24) is 10.6 Å². The maximum absolute atomic E-state index is 12.3. The summed E-state index contributed by atoms with van der Waals surface area (Å²) in [5, 5.41) is 5.48. The molecule has 1 saturated heterocycles. The molecular weight excluding hydrogens is 308 g/mol. The largest absolute Gasteiger partial charge is 0.351 e. The van der Waals surface area contributed by atoms with E-state index in [1.165, 1.54) is 0 Å². The highest BCUT2D eigenvalue weighted by Crippen LogP contribution is 2.09. The van der Waals surface area contributed by atoms with Gasteiger partial charge in [0.05, 0.1) is 13.2 Å². The van der Waals surface area contributed by atoms with E-state index in [2.05, 4.69) is 10.6 Å². The molecule has 124 valence electrons. The Balaban J connectivity index is 1.65. The molecule has 0 unspecified atom stereocenters. The van der Waals surface area contributed by atoms with E-state index in [0.29, 0.717) is 24.3 Å². The van der Waals surface area contributed by atoms with Crippen LogP contribution in [0.2, 0.25) is 0 Å². The number of nitrogens with one attached hydrogen (secondary N) is 2. The maximum atomic E-state index is 12.3. The summed E-state index contributed by atoms with van der Waals surface area (Å²) in [4.78, 5) is 24.5. The van der Waals surface area contributed by atoms with Gasteiger partial charge < -0.3 is 20.1 Å². The molecule has 2 aromatic carbocycles. The second-order valence-corrected chi connectivity index (χ2v) is 5.26. The van der Waals surface area contributed by atoms with Crippen molar-refractivity contribution in [1.29, 1.82) is 0 Å². The van der Waals surface area contributed by atoms with Gasteiger partial charge in [0.25, 0.3) is 11.8 Å². The quantitative estimate of drug-likeness (QED) is 0.894. The molecule has 0 aliphatic carbocycles. The van der Waals surface area contributed by atoms with Gasteiger partial charge in [-0.2, -0.15) is 0 Å². The highest BCUT2D eigenvalue weighted by Gasteiger charge is 2.30. The van der Waals surface area contributed by atoms with Crippen molar-refractivity contribution in [3.05, 3.63) is 71.8 Å². The average Bonchev–Trinajstić information content (AvgIpc) is 2.64. The summed E-state index contributed by atoms with van der Waals surface area (Å²) in [5.41, 5.74) is 1.03. The van der Waals surface area contributed by atoms with Crippen LogP contribution in [0, 0.1) is 0 Å². The van der Waals surface area contributed by atoms with E-state index in [-0.39, 0.29) is 11.8 Å². The molecule has 1 heterocycles. The topological polar surface area (TPSA) is 76.7 Å². The molecule has 1 fully saturated rings. The smallest absolute Gasteiger partial charge is 0.253 e. The Labute approximate surface area is 139 Å². The van der Waals surface area contributed by atoms with Gasteiger partial charge in [0.1, 0.15) is 0 Å². The third-order valence-electron chi connectivity index (χ3n) is 3.57. The second-order valence-electron chi connectivity index (χ2n) is 5.26. The molecule has 0 radical (unpaired) electrons. The Hall–Kier alpha value is -2.70. The number of hydrogen-bond acceptors (Lipinski definition) is 4. The molecule has 6 heteroatoms. The van der Waals surface area contributed by atoms with Gasteiger partial charge in [-0.3, -0.25) is 9.59 Å². The summed E-state index contributed by atoms with van der Waals surface area (Å²) in [6.07, 6.45) is -1.50. The average molecular weight is 326 g/mol. The van der Waals surface area contributed by atoms with Crippen molar-refractivity contribution in [2.45, 2.75) is 12.5 Å². The summed E-state index contributed by atoms with van der Waals surface area (Å²) in [6, 6.07) is 17.6. The van der Waals surface area contributed by atoms with Crippen LogP contribution in [0.5, 0.6) is 0 Å². The zero-order chi connectivity index (χ0) is 16.8. The van der Waals surface area contributed by atoms with Gasteiger partial charge >= 0.3 is 0 Å². The van der Waals surface area contributed by atoms with Gasteiger partial charge in [-0.05, 0) is 24.3 Å². The van der Waals surface area contributed by atoms with E-state index < -0.39 is 12.5 Å². The zero-order valence-corrected chi connectivity index (χ0v) is 13.0. The van der Waals surface area contributed by atoms with Crippen LogP contribution in [0.3, 0.4) is 0 Å². The molecule has 0 spiro atoms. The molecular formula is C18H18N2O4. The van der Waals surface area contributed by atoms with Crippen LogP contribution in [0.4, 0.5) is 0 Å². The highest BCUT2D eigenvalue weighted by atomic mass is 16.6. The molecule has 1 aliphatic heterocycles. The Kier molecular flexibility index (Phi) is 5.20. The predicted octanol–water partition coefficient (Wildman–Crippen LogP) is 1.55. The number of ether oxygens (including phenoxy) is 2. The Morgan fingerprint density at radius 2 is 1.08 bits per heavy atom. The first-order valence-electron chi connectivity index (χ1n) is 7.69. The van der Waals surface area contributed by atoms with Crippen LogP contribution >= 0.6 is 0 Å². The lowest BCUT2D eigenvalue weighted by molar-refractivity contribution is -0.154. The lowest BCUT2D eigenvalue weighted by atomic mass is 10.2. The lowest BCUT2D eigenvalue weighted by Gasteiger charge is -2.32. The number of carbonyl (C=O) groups is 2. The summed E-state index contributed by atoms with van der Waals surface area (Å²) >= 11 is 0. The Morgan fingerprint density at radius 1 is 0.708 bits per heavy atom. The second kappa shape index (κ2) is 7.72. The highest BCUT2D eigenvalue weighted by molar-refractivity contribution is 5.95. The number of hydrogen-bond donors (Lipinski definition) is 2. The van der Waals surface area contributed by atoms with Gasteiger partial charge in [0.15, 0.2) is 12.5 Å². The fourth-order valence-electron chi connectivity index (χ4n) is 2.36. The van der Waals surface area contributed by atoms with Crippen molar-refractivity contribution < 1.29 is 19.1 Å². The first-order chi connectivity index (χ1) is 11.7. The van der Waals surface area contributed by atoms with Crippen LogP contribution in [-0.2, 0) is 9.47 Å². The van der Waals surface area contributed by atoms with Crippen molar-refractivity contribution in [2.24, 2.45) is 0 Å². The number of rotatable bonds is 4. The standard InChI is InChI=1S/C18H18N2O4/c21-15(13-7-3-1-4-8-13)19-17-18(24-12-11-23-17)20-16(22)14-9-5-2-6-10-14/h1-10,17-18H,11-12H2,(H,19,21)(H,20,22)/t17-,18-/m0/s1. The first-order valence-corrected chi connectivity index (χ1v) is 7.69. The minimum Gasteiger partial charge on any atom is -0.351 e. The normalized spacial score (nSPS) is 20.2. The van der Waals surface area contributed by atoms with Gasteiger partial charge in [0, 0.05) is 11.1 Å². The Morgan fingerprint density at radius 3 is 1.46 bits per heavy atom. The number of amides is 2. The fourth-order valence-corrected chi connectivity index (χ4v) is 2.36. The van der Waals surface area contributed by atoms with Crippen LogP contribution in [0.25, 0.3) is 0 Å². The van der Waals surface area contributed by atoms with Crippen molar-refractivity contribution in [3.63, 3.8) is 0 Å². The van der Waals surface area contributed by atoms with Crippen LogP contribution in [0.15, 0.2) is 60.7 Å².